The van der Waals surface area contributed by atoms with Gasteiger partial charge in [0, 0.05) is 11.6 Å². The Morgan fingerprint density at radius 3 is 2.65 bits per heavy atom. The number of nitrogens with zero attached hydrogens (tertiary/aromatic N) is 1. The van der Waals surface area contributed by atoms with Gasteiger partial charge in [-0.25, -0.2) is 9.37 Å². The second kappa shape index (κ2) is 4.43. The first-order valence-electron chi connectivity index (χ1n) is 5.13. The van der Waals surface area contributed by atoms with Crippen LogP contribution in [-0.2, 0) is 0 Å². The minimum Gasteiger partial charge on any atom is -0.508 e. The maximum Gasteiger partial charge on any atom is 0.137 e. The van der Waals surface area contributed by atoms with E-state index in [1.165, 1.54) is 23.5 Å². The topological polar surface area (TPSA) is 53.4 Å². The van der Waals surface area contributed by atoms with Crippen molar-refractivity contribution in [2.24, 2.45) is 0 Å². The molecule has 1 heterocycles. The van der Waals surface area contributed by atoms with Gasteiger partial charge in [0.2, 0.25) is 0 Å². The van der Waals surface area contributed by atoms with Crippen LogP contribution in [0.3, 0.4) is 0 Å². The molecule has 2 aromatic rings. The number of hydrogen-bond donors (Lipinski definition) is 2. The maximum atomic E-state index is 13.6. The summed E-state index contributed by atoms with van der Waals surface area (Å²) in [5, 5.41) is 19.2. The highest BCUT2D eigenvalue weighted by atomic mass is 32.1. The van der Waals surface area contributed by atoms with Gasteiger partial charge in [-0.05, 0) is 26.0 Å². The van der Waals surface area contributed by atoms with Crippen LogP contribution in [0, 0.1) is 12.7 Å². The number of aromatic nitrogens is 1. The number of aliphatic hydroxyl groups excluding tert-OH is 1. The van der Waals surface area contributed by atoms with Gasteiger partial charge in [0.15, 0.2) is 0 Å². The zero-order valence-electron chi connectivity index (χ0n) is 9.44. The molecule has 0 spiro atoms. The molecule has 0 aliphatic heterocycles. The van der Waals surface area contributed by atoms with Gasteiger partial charge >= 0.3 is 0 Å². The minimum absolute atomic E-state index is 0.115. The van der Waals surface area contributed by atoms with Crippen LogP contribution in [0.5, 0.6) is 5.75 Å². The van der Waals surface area contributed by atoms with Crippen molar-refractivity contribution in [1.82, 2.24) is 4.98 Å². The normalized spacial score (nSPS) is 12.7. The molecule has 1 aromatic carbocycles. The van der Waals surface area contributed by atoms with Crippen LogP contribution in [0.2, 0.25) is 0 Å². The van der Waals surface area contributed by atoms with Gasteiger partial charge in [-0.3, -0.25) is 0 Å². The van der Waals surface area contributed by atoms with Crippen LogP contribution in [0.15, 0.2) is 18.2 Å². The number of aryl methyl sites for hydroxylation is 1. The molecule has 1 atom stereocenters. The number of hydrogen-bond acceptors (Lipinski definition) is 4. The van der Waals surface area contributed by atoms with Gasteiger partial charge in [-0.1, -0.05) is 0 Å². The monoisotopic (exact) mass is 253 g/mol. The fraction of sp³-hybridized carbons (Fsp3) is 0.250. The van der Waals surface area contributed by atoms with E-state index in [0.717, 1.165) is 10.9 Å². The van der Waals surface area contributed by atoms with E-state index in [9.17, 15) is 9.50 Å². The second-order valence-electron chi connectivity index (χ2n) is 3.81. The zero-order valence-corrected chi connectivity index (χ0v) is 10.3. The third kappa shape index (κ3) is 2.30. The standard InChI is InChI=1S/C12H12FNO2S/c1-6-11(7(2)15)17-12(14-6)9-4-3-8(16)5-10(9)13/h3-5,7,15-16H,1-2H3. The molecule has 1 aromatic heterocycles. The van der Waals surface area contributed by atoms with E-state index in [1.54, 1.807) is 13.8 Å². The highest BCUT2D eigenvalue weighted by Gasteiger charge is 2.15. The lowest BCUT2D eigenvalue weighted by Gasteiger charge is -2.00. The summed E-state index contributed by atoms with van der Waals surface area (Å²) >= 11 is 1.26. The Kier molecular flexibility index (Phi) is 3.13. The summed E-state index contributed by atoms with van der Waals surface area (Å²) in [6.45, 7) is 3.43. The average Bonchev–Trinajstić information content (AvgIpc) is 2.60. The average molecular weight is 253 g/mol. The summed E-state index contributed by atoms with van der Waals surface area (Å²) < 4.78 is 13.6. The second-order valence-corrected chi connectivity index (χ2v) is 4.84. The summed E-state index contributed by atoms with van der Waals surface area (Å²) in [4.78, 5) is 4.96. The smallest absolute Gasteiger partial charge is 0.137 e. The summed E-state index contributed by atoms with van der Waals surface area (Å²) in [5.41, 5.74) is 1.04. The molecule has 3 nitrogen and oxygen atoms in total. The van der Waals surface area contributed by atoms with Gasteiger partial charge < -0.3 is 10.2 Å². The molecule has 90 valence electrons. The molecule has 0 bridgehead atoms. The summed E-state index contributed by atoms with van der Waals surface area (Å²) in [5.74, 6) is -0.633. The quantitative estimate of drug-likeness (QED) is 0.865. The number of aromatic hydroxyl groups is 1. The van der Waals surface area contributed by atoms with Crippen LogP contribution < -0.4 is 0 Å². The Morgan fingerprint density at radius 1 is 1.41 bits per heavy atom. The van der Waals surface area contributed by atoms with Gasteiger partial charge in [0.25, 0.3) is 0 Å². The van der Waals surface area contributed by atoms with Crippen molar-refractivity contribution >= 4 is 11.3 Å². The first kappa shape index (κ1) is 12.0. The molecule has 0 aliphatic carbocycles. The fourth-order valence-electron chi connectivity index (χ4n) is 1.59. The van der Waals surface area contributed by atoms with Crippen LogP contribution in [-0.4, -0.2) is 15.2 Å². The summed E-state index contributed by atoms with van der Waals surface area (Å²) in [6, 6.07) is 3.94. The Bertz CT molecular complexity index is 551. The molecule has 1 unspecified atom stereocenters. The molecular formula is C12H12FNO2S. The van der Waals surface area contributed by atoms with E-state index in [1.807, 2.05) is 0 Å². The molecule has 0 aliphatic rings. The lowest BCUT2D eigenvalue weighted by molar-refractivity contribution is 0.202. The van der Waals surface area contributed by atoms with Gasteiger partial charge in [-0.2, -0.15) is 0 Å². The zero-order chi connectivity index (χ0) is 12.6. The Hall–Kier alpha value is -1.46. The van der Waals surface area contributed by atoms with Gasteiger partial charge in [0.05, 0.1) is 16.7 Å². The third-order valence-corrected chi connectivity index (χ3v) is 3.76. The highest BCUT2D eigenvalue weighted by molar-refractivity contribution is 7.15. The molecule has 17 heavy (non-hydrogen) atoms. The molecule has 0 saturated heterocycles. The van der Waals surface area contributed by atoms with E-state index >= 15 is 0 Å². The van der Waals surface area contributed by atoms with Crippen molar-refractivity contribution in [3.63, 3.8) is 0 Å². The Labute approximate surface area is 102 Å². The lowest BCUT2D eigenvalue weighted by Crippen LogP contribution is -1.88. The predicted octanol–water partition coefficient (Wildman–Crippen LogP) is 3.02. The highest BCUT2D eigenvalue weighted by Crippen LogP contribution is 2.33. The number of phenolic OH excluding ortho intramolecular Hbond substituents is 1. The summed E-state index contributed by atoms with van der Waals surface area (Å²) in [7, 11) is 0. The molecule has 2 rings (SSSR count). The van der Waals surface area contributed by atoms with E-state index in [0.29, 0.717) is 16.3 Å². The van der Waals surface area contributed by atoms with Crippen LogP contribution in [0.4, 0.5) is 4.39 Å². The van der Waals surface area contributed by atoms with E-state index < -0.39 is 11.9 Å². The van der Waals surface area contributed by atoms with E-state index in [4.69, 9.17) is 5.11 Å². The number of halogens is 1. The van der Waals surface area contributed by atoms with Crippen LogP contribution >= 0.6 is 11.3 Å². The molecule has 0 saturated carbocycles. The molecule has 0 radical (unpaired) electrons. The Morgan fingerprint density at radius 2 is 2.12 bits per heavy atom. The Balaban J connectivity index is 2.50. The number of rotatable bonds is 2. The first-order chi connectivity index (χ1) is 7.99. The first-order valence-corrected chi connectivity index (χ1v) is 5.95. The number of thiazole rings is 1. The molecule has 0 fully saturated rings. The van der Waals surface area contributed by atoms with Crippen molar-refractivity contribution < 1.29 is 14.6 Å². The molecular weight excluding hydrogens is 241 g/mol. The van der Waals surface area contributed by atoms with Gasteiger partial charge in [0.1, 0.15) is 16.6 Å². The maximum absolute atomic E-state index is 13.6. The lowest BCUT2D eigenvalue weighted by atomic mass is 10.2. The van der Waals surface area contributed by atoms with Gasteiger partial charge in [-0.15, -0.1) is 11.3 Å². The fourth-order valence-corrected chi connectivity index (χ4v) is 2.62. The van der Waals surface area contributed by atoms with Crippen molar-refractivity contribution in [1.29, 1.82) is 0 Å². The largest absolute Gasteiger partial charge is 0.508 e. The van der Waals surface area contributed by atoms with Crippen LogP contribution in [0.25, 0.3) is 10.6 Å². The van der Waals surface area contributed by atoms with Crippen molar-refractivity contribution in [2.75, 3.05) is 0 Å². The molecule has 5 heteroatoms. The predicted molar refractivity (Wildman–Crippen MR) is 64.5 cm³/mol. The van der Waals surface area contributed by atoms with E-state index in [2.05, 4.69) is 4.98 Å². The van der Waals surface area contributed by atoms with Crippen LogP contribution in [0.1, 0.15) is 23.6 Å². The van der Waals surface area contributed by atoms with Crippen molar-refractivity contribution in [3.8, 4) is 16.3 Å². The van der Waals surface area contributed by atoms with E-state index in [-0.39, 0.29) is 5.75 Å². The number of aliphatic hydroxyl groups is 1. The van der Waals surface area contributed by atoms with Crippen molar-refractivity contribution in [2.45, 2.75) is 20.0 Å². The minimum atomic E-state index is -0.610. The number of phenols is 1. The van der Waals surface area contributed by atoms with Crippen molar-refractivity contribution in [3.05, 3.63) is 34.6 Å². The summed E-state index contributed by atoms with van der Waals surface area (Å²) in [6.07, 6.45) is -0.610. The SMILES string of the molecule is Cc1nc(-c2ccc(O)cc2F)sc1C(C)O. The molecule has 0 amide bonds. The number of benzene rings is 1. The molecule has 2 N–H and O–H groups in total. The third-order valence-electron chi connectivity index (χ3n) is 2.39.